The molecule has 0 aliphatic carbocycles. The van der Waals surface area contributed by atoms with Gasteiger partial charge in [-0.1, -0.05) is 13.8 Å². The Morgan fingerprint density at radius 3 is 2.50 bits per heavy atom. The fourth-order valence-electron chi connectivity index (χ4n) is 2.10. The van der Waals surface area contributed by atoms with Gasteiger partial charge in [0.2, 0.25) is 0 Å². The first-order chi connectivity index (χ1) is 7.29. The molecule has 1 aliphatic heterocycles. The van der Waals surface area contributed by atoms with Gasteiger partial charge in [-0.05, 0) is 52.0 Å². The number of rotatable bonds is 2. The Kier molecular flexibility index (Phi) is 4.36. The van der Waals surface area contributed by atoms with Crippen molar-refractivity contribution in [2.75, 3.05) is 6.54 Å². The summed E-state index contributed by atoms with van der Waals surface area (Å²) in [6.07, 6.45) is 2.07. The van der Waals surface area contributed by atoms with E-state index in [1.165, 1.54) is 0 Å². The highest BCUT2D eigenvalue weighted by atomic mass is 16.6. The zero-order valence-corrected chi connectivity index (χ0v) is 11.2. The van der Waals surface area contributed by atoms with Gasteiger partial charge in [-0.25, -0.2) is 0 Å². The third-order valence-electron chi connectivity index (χ3n) is 3.08. The molecule has 0 spiro atoms. The van der Waals surface area contributed by atoms with Crippen molar-refractivity contribution >= 4 is 5.97 Å². The van der Waals surface area contributed by atoms with Crippen LogP contribution >= 0.6 is 0 Å². The van der Waals surface area contributed by atoms with Crippen molar-refractivity contribution in [1.82, 2.24) is 5.32 Å². The van der Waals surface area contributed by atoms with E-state index < -0.39 is 0 Å². The van der Waals surface area contributed by atoms with Crippen LogP contribution in [0.1, 0.15) is 47.5 Å². The van der Waals surface area contributed by atoms with Gasteiger partial charge in [-0.2, -0.15) is 0 Å². The quantitative estimate of drug-likeness (QED) is 0.736. The second-order valence-electron chi connectivity index (χ2n) is 6.07. The van der Waals surface area contributed by atoms with E-state index in [2.05, 4.69) is 19.2 Å². The summed E-state index contributed by atoms with van der Waals surface area (Å²) in [5.41, 5.74) is -0.385. The van der Waals surface area contributed by atoms with E-state index in [4.69, 9.17) is 4.74 Å². The van der Waals surface area contributed by atoms with Crippen LogP contribution in [0.15, 0.2) is 0 Å². The second kappa shape index (κ2) is 5.17. The lowest BCUT2D eigenvalue weighted by molar-refractivity contribution is -0.158. The van der Waals surface area contributed by atoms with E-state index in [9.17, 15) is 4.79 Å². The lowest BCUT2D eigenvalue weighted by Gasteiger charge is -2.33. The molecule has 0 aromatic heterocycles. The average molecular weight is 227 g/mol. The van der Waals surface area contributed by atoms with Crippen LogP contribution in [0, 0.1) is 11.8 Å². The van der Waals surface area contributed by atoms with E-state index in [1.807, 2.05) is 20.8 Å². The van der Waals surface area contributed by atoms with Crippen LogP contribution in [0.25, 0.3) is 0 Å². The highest BCUT2D eigenvalue weighted by Crippen LogP contribution is 2.25. The van der Waals surface area contributed by atoms with Gasteiger partial charge >= 0.3 is 5.97 Å². The lowest BCUT2D eigenvalue weighted by Crippen LogP contribution is -2.47. The number of carbonyl (C=O) groups is 1. The smallest absolute Gasteiger partial charge is 0.323 e. The molecule has 1 aliphatic rings. The van der Waals surface area contributed by atoms with E-state index in [1.54, 1.807) is 0 Å². The molecule has 1 fully saturated rings. The van der Waals surface area contributed by atoms with Crippen molar-refractivity contribution in [2.45, 2.75) is 59.1 Å². The van der Waals surface area contributed by atoms with Gasteiger partial charge in [-0.3, -0.25) is 4.79 Å². The maximum absolute atomic E-state index is 11.9. The molecule has 1 rings (SSSR count). The molecule has 1 saturated heterocycles. The predicted octanol–water partition coefficient (Wildman–Crippen LogP) is 2.35. The van der Waals surface area contributed by atoms with Gasteiger partial charge < -0.3 is 10.1 Å². The zero-order valence-electron chi connectivity index (χ0n) is 11.2. The highest BCUT2D eigenvalue weighted by molar-refractivity contribution is 5.76. The van der Waals surface area contributed by atoms with Crippen LogP contribution in [-0.2, 0) is 9.53 Å². The molecule has 1 heterocycles. The van der Waals surface area contributed by atoms with Crippen molar-refractivity contribution in [2.24, 2.45) is 11.8 Å². The first-order valence-corrected chi connectivity index (χ1v) is 6.26. The zero-order chi connectivity index (χ0) is 12.3. The normalized spacial score (nSPS) is 26.9. The van der Waals surface area contributed by atoms with E-state index in [-0.39, 0.29) is 17.6 Å². The summed E-state index contributed by atoms with van der Waals surface area (Å²) >= 11 is 0. The largest absolute Gasteiger partial charge is 0.459 e. The Morgan fingerprint density at radius 1 is 1.38 bits per heavy atom. The maximum atomic E-state index is 11.9. The molecule has 2 unspecified atom stereocenters. The van der Waals surface area contributed by atoms with Crippen LogP contribution in [0.2, 0.25) is 0 Å². The molecule has 94 valence electrons. The van der Waals surface area contributed by atoms with Gasteiger partial charge in [0, 0.05) is 0 Å². The Balaban J connectivity index is 2.50. The van der Waals surface area contributed by atoms with Crippen molar-refractivity contribution in [1.29, 1.82) is 0 Å². The molecule has 0 aromatic carbocycles. The maximum Gasteiger partial charge on any atom is 0.323 e. The minimum Gasteiger partial charge on any atom is -0.459 e. The summed E-state index contributed by atoms with van der Waals surface area (Å²) in [5.74, 6) is 1.18. The van der Waals surface area contributed by atoms with Crippen molar-refractivity contribution in [3.05, 3.63) is 0 Å². The Hall–Kier alpha value is -0.570. The Labute approximate surface area is 98.9 Å². The molecule has 16 heavy (non-hydrogen) atoms. The van der Waals surface area contributed by atoms with Gasteiger partial charge in [-0.15, -0.1) is 0 Å². The first kappa shape index (κ1) is 13.5. The molecular formula is C13H25NO2. The number of hydrogen-bond donors (Lipinski definition) is 1. The molecule has 0 aromatic rings. The van der Waals surface area contributed by atoms with Crippen LogP contribution < -0.4 is 5.32 Å². The van der Waals surface area contributed by atoms with Crippen molar-refractivity contribution < 1.29 is 9.53 Å². The molecule has 1 N–H and O–H groups in total. The van der Waals surface area contributed by atoms with Gasteiger partial charge in [0.15, 0.2) is 0 Å². The lowest BCUT2D eigenvalue weighted by atomic mass is 9.84. The number of piperidine rings is 1. The molecule has 0 radical (unpaired) electrons. The number of nitrogens with one attached hydrogen (secondary N) is 1. The van der Waals surface area contributed by atoms with Gasteiger partial charge in [0.1, 0.15) is 11.6 Å². The SMILES string of the molecule is CC(C)C1CCNC(C(=O)OC(C)(C)C)C1. The highest BCUT2D eigenvalue weighted by Gasteiger charge is 2.31. The summed E-state index contributed by atoms with van der Waals surface area (Å²) in [7, 11) is 0. The fraction of sp³-hybridized carbons (Fsp3) is 0.923. The molecule has 0 amide bonds. The minimum absolute atomic E-state index is 0.0992. The number of esters is 1. The number of carbonyl (C=O) groups excluding carboxylic acids is 1. The topological polar surface area (TPSA) is 38.3 Å². The average Bonchev–Trinajstić information content (AvgIpc) is 2.15. The molecular weight excluding hydrogens is 202 g/mol. The Morgan fingerprint density at radius 2 is 2.00 bits per heavy atom. The fourth-order valence-corrected chi connectivity index (χ4v) is 2.10. The molecule has 3 heteroatoms. The van der Waals surface area contributed by atoms with Gasteiger partial charge in [0.25, 0.3) is 0 Å². The molecule has 0 bridgehead atoms. The summed E-state index contributed by atoms with van der Waals surface area (Å²) in [4.78, 5) is 11.9. The number of hydrogen-bond acceptors (Lipinski definition) is 3. The van der Waals surface area contributed by atoms with E-state index >= 15 is 0 Å². The van der Waals surface area contributed by atoms with Crippen LogP contribution in [0.4, 0.5) is 0 Å². The third-order valence-corrected chi connectivity index (χ3v) is 3.08. The van der Waals surface area contributed by atoms with Crippen LogP contribution in [0.5, 0.6) is 0 Å². The monoisotopic (exact) mass is 227 g/mol. The van der Waals surface area contributed by atoms with E-state index in [0.29, 0.717) is 11.8 Å². The van der Waals surface area contributed by atoms with Crippen molar-refractivity contribution in [3.63, 3.8) is 0 Å². The van der Waals surface area contributed by atoms with E-state index in [0.717, 1.165) is 19.4 Å². The first-order valence-electron chi connectivity index (χ1n) is 6.26. The summed E-state index contributed by atoms with van der Waals surface area (Å²) in [6.45, 7) is 11.1. The molecule has 3 nitrogen and oxygen atoms in total. The third kappa shape index (κ3) is 4.12. The molecule has 2 atom stereocenters. The summed E-state index contributed by atoms with van der Waals surface area (Å²) in [5, 5.41) is 3.25. The van der Waals surface area contributed by atoms with Crippen molar-refractivity contribution in [3.8, 4) is 0 Å². The molecule has 0 saturated carbocycles. The van der Waals surface area contributed by atoms with Crippen LogP contribution in [-0.4, -0.2) is 24.2 Å². The standard InChI is InChI=1S/C13H25NO2/c1-9(2)10-6-7-14-11(8-10)12(15)16-13(3,4)5/h9-11,14H,6-8H2,1-5H3. The summed E-state index contributed by atoms with van der Waals surface area (Å²) < 4.78 is 5.40. The predicted molar refractivity (Wildman–Crippen MR) is 65.2 cm³/mol. The Bertz CT molecular complexity index is 243. The van der Waals surface area contributed by atoms with Gasteiger partial charge in [0.05, 0.1) is 0 Å². The summed E-state index contributed by atoms with van der Waals surface area (Å²) in [6, 6.07) is -0.111. The second-order valence-corrected chi connectivity index (χ2v) is 6.07. The van der Waals surface area contributed by atoms with Crippen LogP contribution in [0.3, 0.4) is 0 Å². The number of ether oxygens (including phenoxy) is 1. The minimum atomic E-state index is -0.385.